The lowest BCUT2D eigenvalue weighted by atomic mass is 9.44. The third kappa shape index (κ3) is 4.61. The Bertz CT molecular complexity index is 1990. The van der Waals surface area contributed by atoms with Gasteiger partial charge in [0.15, 0.2) is 5.78 Å². The Labute approximate surface area is 282 Å². The van der Waals surface area contributed by atoms with Crippen LogP contribution in [-0.4, -0.2) is 45.2 Å². The van der Waals surface area contributed by atoms with Gasteiger partial charge in [0.25, 0.3) is 0 Å². The fraction of sp³-hybridized carbons (Fsp3) is 0.442. The molecule has 248 valence electrons. The molecule has 5 aromatic rings. The highest BCUT2D eigenvalue weighted by molar-refractivity contribution is 6.17. The van der Waals surface area contributed by atoms with Gasteiger partial charge in [-0.25, -0.2) is 0 Å². The second kappa shape index (κ2) is 11.5. The lowest BCUT2D eigenvalue weighted by Crippen LogP contribution is -2.62. The zero-order valence-electron chi connectivity index (χ0n) is 28.0. The largest absolute Gasteiger partial charge is 0.393 e. The number of fused-ring (bicyclic) bond motifs is 11. The highest BCUT2D eigenvalue weighted by Crippen LogP contribution is 2.67. The molecule has 4 saturated carbocycles. The number of hydrogen-bond donors (Lipinski definition) is 3. The van der Waals surface area contributed by atoms with Gasteiger partial charge in [-0.3, -0.25) is 9.59 Å². The van der Waals surface area contributed by atoms with Crippen LogP contribution in [0, 0.1) is 34.5 Å². The van der Waals surface area contributed by atoms with Gasteiger partial charge in [0, 0.05) is 17.8 Å². The van der Waals surface area contributed by atoms with E-state index in [4.69, 9.17) is 0 Å². The average molecular weight is 643 g/mol. The molecule has 5 aromatic carbocycles. The van der Waals surface area contributed by atoms with Gasteiger partial charge >= 0.3 is 0 Å². The van der Waals surface area contributed by atoms with Crippen LogP contribution in [0.5, 0.6) is 0 Å². The molecule has 5 heteroatoms. The van der Waals surface area contributed by atoms with Crippen LogP contribution in [-0.2, 0) is 9.59 Å². The molecule has 3 N–H and O–H groups in total. The van der Waals surface area contributed by atoms with Crippen molar-refractivity contribution in [1.29, 1.82) is 0 Å². The first kappa shape index (κ1) is 31.6. The SMILES string of the molecule is C[C@]12CC[C@@H](O)C[C@H]1CC[C@@H]1[C@@H]2C(=O)C[C@@]2(C)[C@H]1CC[C@]2(O)C(=O)CO.c1ccc2c(c1)ccc1cc3c(ccc4ccccc43)cc12. The minimum absolute atomic E-state index is 0.0154. The summed E-state index contributed by atoms with van der Waals surface area (Å²) in [4.78, 5) is 25.7. The summed E-state index contributed by atoms with van der Waals surface area (Å²) in [7, 11) is 0. The molecule has 0 amide bonds. The van der Waals surface area contributed by atoms with E-state index in [9.17, 15) is 24.9 Å². The van der Waals surface area contributed by atoms with Crippen molar-refractivity contribution in [2.75, 3.05) is 6.61 Å². The number of benzene rings is 5. The number of carbonyl (C=O) groups excluding carboxylic acids is 2. The van der Waals surface area contributed by atoms with Crippen molar-refractivity contribution in [1.82, 2.24) is 0 Å². The predicted molar refractivity (Wildman–Crippen MR) is 192 cm³/mol. The Morgan fingerprint density at radius 3 is 1.94 bits per heavy atom. The predicted octanol–water partition coefficient (Wildman–Crippen LogP) is 8.16. The van der Waals surface area contributed by atoms with Crippen molar-refractivity contribution in [3.63, 3.8) is 0 Å². The number of aliphatic hydroxyl groups excluding tert-OH is 2. The number of hydrogen-bond acceptors (Lipinski definition) is 5. The maximum absolute atomic E-state index is 13.4. The lowest BCUT2D eigenvalue weighted by molar-refractivity contribution is -0.180. The molecule has 8 atom stereocenters. The molecule has 0 saturated heterocycles. The molecule has 0 spiro atoms. The standard InChI is InChI=1S/C22H14.C21H32O5/c1-3-7-19-15(5-1)9-11-17-14-22-18(13-21(17)19)12-10-16-6-2-4-8-20(16)22;1-19-7-5-13(23)9-12(19)3-4-14-15-6-8-21(26,17(25)11-22)20(15,2)10-16(24)18(14)19/h1-14H;12-15,18,22-23,26H,3-11H2,1-2H3/t;12-,13-,14+,15+,18-,19+,20+,21+/m.1/s1. The molecule has 0 aromatic heterocycles. The molecule has 0 radical (unpaired) electrons. The Hall–Kier alpha value is -3.64. The first-order valence-corrected chi connectivity index (χ1v) is 17.9. The van der Waals surface area contributed by atoms with Crippen molar-refractivity contribution in [3.05, 3.63) is 84.9 Å². The van der Waals surface area contributed by atoms with E-state index >= 15 is 0 Å². The van der Waals surface area contributed by atoms with Crippen LogP contribution in [0.1, 0.15) is 65.2 Å². The summed E-state index contributed by atoms with van der Waals surface area (Å²) in [5.41, 5.74) is -2.40. The fourth-order valence-electron chi connectivity index (χ4n) is 11.2. The summed E-state index contributed by atoms with van der Waals surface area (Å²) in [6.07, 6.45) is 5.47. The van der Waals surface area contributed by atoms with Crippen LogP contribution in [0.25, 0.3) is 43.1 Å². The minimum Gasteiger partial charge on any atom is -0.393 e. The molecule has 0 bridgehead atoms. The third-order valence-electron chi connectivity index (χ3n) is 13.7. The molecule has 0 heterocycles. The van der Waals surface area contributed by atoms with Crippen molar-refractivity contribution < 1.29 is 24.9 Å². The molecular formula is C43H46O5. The maximum Gasteiger partial charge on any atom is 0.190 e. The fourth-order valence-corrected chi connectivity index (χ4v) is 11.2. The van der Waals surface area contributed by atoms with Gasteiger partial charge in [0.1, 0.15) is 18.0 Å². The zero-order valence-corrected chi connectivity index (χ0v) is 28.0. The highest BCUT2D eigenvalue weighted by Gasteiger charge is 2.68. The third-order valence-corrected chi connectivity index (χ3v) is 13.7. The number of ketones is 2. The number of rotatable bonds is 2. The van der Waals surface area contributed by atoms with Crippen molar-refractivity contribution >= 4 is 54.7 Å². The summed E-state index contributed by atoms with van der Waals surface area (Å²) in [6, 6.07) is 30.8. The van der Waals surface area contributed by atoms with Gasteiger partial charge in [-0.15, -0.1) is 0 Å². The van der Waals surface area contributed by atoms with Gasteiger partial charge in [-0.2, -0.15) is 0 Å². The van der Waals surface area contributed by atoms with Crippen LogP contribution < -0.4 is 0 Å². The normalized spacial score (nSPS) is 34.4. The molecular weight excluding hydrogens is 596 g/mol. The molecule has 9 rings (SSSR count). The van der Waals surface area contributed by atoms with Gasteiger partial charge in [-0.1, -0.05) is 86.6 Å². The molecule has 4 fully saturated rings. The number of carbonyl (C=O) groups is 2. The highest BCUT2D eigenvalue weighted by atomic mass is 16.3. The van der Waals surface area contributed by atoms with Gasteiger partial charge in [-0.05, 0) is 123 Å². The quantitative estimate of drug-likeness (QED) is 0.133. The minimum atomic E-state index is -1.58. The summed E-state index contributed by atoms with van der Waals surface area (Å²) in [6.45, 7) is 3.46. The van der Waals surface area contributed by atoms with Crippen molar-refractivity contribution in [2.24, 2.45) is 34.5 Å². The molecule has 0 aliphatic heterocycles. The van der Waals surface area contributed by atoms with Crippen LogP contribution in [0.15, 0.2) is 84.9 Å². The van der Waals surface area contributed by atoms with E-state index in [1.165, 1.54) is 43.1 Å². The molecule has 4 aliphatic rings. The van der Waals surface area contributed by atoms with E-state index in [0.717, 1.165) is 38.5 Å². The van der Waals surface area contributed by atoms with Crippen LogP contribution in [0.3, 0.4) is 0 Å². The summed E-state index contributed by atoms with van der Waals surface area (Å²) < 4.78 is 0. The maximum atomic E-state index is 13.4. The topological polar surface area (TPSA) is 94.8 Å². The second-order valence-electron chi connectivity index (χ2n) is 15.9. The Morgan fingerprint density at radius 2 is 1.33 bits per heavy atom. The summed E-state index contributed by atoms with van der Waals surface area (Å²) in [5.74, 6) is 0.380. The van der Waals surface area contributed by atoms with E-state index in [-0.39, 0.29) is 41.5 Å². The zero-order chi connectivity index (χ0) is 33.4. The van der Waals surface area contributed by atoms with E-state index in [1.807, 2.05) is 6.92 Å². The van der Waals surface area contributed by atoms with Crippen molar-refractivity contribution in [3.8, 4) is 0 Å². The number of aliphatic hydroxyl groups is 3. The van der Waals surface area contributed by atoms with E-state index in [1.54, 1.807) is 0 Å². The molecule has 5 nitrogen and oxygen atoms in total. The second-order valence-corrected chi connectivity index (χ2v) is 15.9. The monoisotopic (exact) mass is 642 g/mol. The molecule has 0 unspecified atom stereocenters. The van der Waals surface area contributed by atoms with Crippen LogP contribution >= 0.6 is 0 Å². The first-order valence-electron chi connectivity index (χ1n) is 17.9. The Balaban J connectivity index is 0.000000142. The summed E-state index contributed by atoms with van der Waals surface area (Å²) >= 11 is 0. The van der Waals surface area contributed by atoms with Crippen molar-refractivity contribution in [2.45, 2.75) is 76.9 Å². The average Bonchev–Trinajstić information content (AvgIpc) is 3.37. The first-order chi connectivity index (χ1) is 23.1. The van der Waals surface area contributed by atoms with E-state index < -0.39 is 23.4 Å². The molecule has 4 aliphatic carbocycles. The van der Waals surface area contributed by atoms with Gasteiger partial charge in [0.2, 0.25) is 0 Å². The van der Waals surface area contributed by atoms with E-state index in [0.29, 0.717) is 12.3 Å². The summed E-state index contributed by atoms with van der Waals surface area (Å²) in [5, 5.41) is 41.2. The Kier molecular flexibility index (Phi) is 7.56. The van der Waals surface area contributed by atoms with E-state index in [2.05, 4.69) is 91.9 Å². The van der Waals surface area contributed by atoms with Crippen LogP contribution in [0.2, 0.25) is 0 Å². The number of Topliss-reactive ketones (excluding diaryl/α,β-unsaturated/α-hetero) is 2. The van der Waals surface area contributed by atoms with Crippen LogP contribution in [0.4, 0.5) is 0 Å². The molecule has 48 heavy (non-hydrogen) atoms. The smallest absolute Gasteiger partial charge is 0.190 e. The van der Waals surface area contributed by atoms with Gasteiger partial charge in [0.05, 0.1) is 6.10 Å². The Morgan fingerprint density at radius 1 is 0.750 bits per heavy atom. The lowest BCUT2D eigenvalue weighted by Gasteiger charge is -2.60. The van der Waals surface area contributed by atoms with Gasteiger partial charge < -0.3 is 15.3 Å².